The molecule has 1 fully saturated rings. The van der Waals surface area contributed by atoms with Crippen molar-refractivity contribution in [2.75, 3.05) is 19.6 Å². The Bertz CT molecular complexity index is 808. The van der Waals surface area contributed by atoms with Crippen LogP contribution in [0.3, 0.4) is 0 Å². The molecule has 2 aromatic rings. The third-order valence-corrected chi connectivity index (χ3v) is 5.16. The summed E-state index contributed by atoms with van der Waals surface area (Å²) in [4.78, 5) is 14.8. The number of piperazine rings is 1. The summed E-state index contributed by atoms with van der Waals surface area (Å²) in [6.07, 6.45) is 0.0470. The average Bonchev–Trinajstić information content (AvgIpc) is 2.90. The highest BCUT2D eigenvalue weighted by Gasteiger charge is 2.30. The summed E-state index contributed by atoms with van der Waals surface area (Å²) in [7, 11) is 0. The molecule has 3 rings (SSSR count). The first-order valence-corrected chi connectivity index (χ1v) is 8.85. The predicted molar refractivity (Wildman–Crippen MR) is 95.4 cm³/mol. The van der Waals surface area contributed by atoms with E-state index in [0.29, 0.717) is 46.3 Å². The number of benzene rings is 1. The van der Waals surface area contributed by atoms with E-state index in [0.717, 1.165) is 5.56 Å². The molecule has 2 heterocycles. The van der Waals surface area contributed by atoms with Gasteiger partial charge in [0.25, 0.3) is 0 Å². The Morgan fingerprint density at radius 2 is 2.12 bits per heavy atom. The molecule has 1 unspecified atom stereocenters. The summed E-state index contributed by atoms with van der Waals surface area (Å²) in [6, 6.07) is 7.26. The van der Waals surface area contributed by atoms with Gasteiger partial charge in [-0.15, -0.1) is 0 Å². The molecule has 0 saturated carbocycles. The van der Waals surface area contributed by atoms with Crippen LogP contribution in [0.25, 0.3) is 0 Å². The number of rotatable bonds is 4. The van der Waals surface area contributed by atoms with Crippen molar-refractivity contribution >= 4 is 17.5 Å². The fraction of sp³-hybridized carbons (Fsp3) is 0.444. The maximum absolute atomic E-state index is 13.0. The standard InChI is InChI=1S/C18H21ClF2N4O/c1-11-14(12(2)25(23-11)18(20)21)9-17(26)24-8-7-22-10-16(24)13-5-3-4-6-15(13)19/h3-6,16,18,22H,7-10H2,1-2H3. The van der Waals surface area contributed by atoms with Crippen molar-refractivity contribution in [3.8, 4) is 0 Å². The fourth-order valence-electron chi connectivity index (χ4n) is 3.42. The molecule has 1 aliphatic rings. The molecule has 26 heavy (non-hydrogen) atoms. The third-order valence-electron chi connectivity index (χ3n) is 4.82. The van der Waals surface area contributed by atoms with Crippen LogP contribution in [0, 0.1) is 13.8 Å². The van der Waals surface area contributed by atoms with Crippen molar-refractivity contribution < 1.29 is 13.6 Å². The largest absolute Gasteiger partial charge is 0.333 e. The molecule has 1 atom stereocenters. The van der Waals surface area contributed by atoms with Crippen LogP contribution in [0.2, 0.25) is 5.02 Å². The monoisotopic (exact) mass is 382 g/mol. The summed E-state index contributed by atoms with van der Waals surface area (Å²) in [6.45, 7) is 2.32. The fourth-order valence-corrected chi connectivity index (χ4v) is 3.68. The van der Waals surface area contributed by atoms with Crippen LogP contribution in [-0.2, 0) is 11.2 Å². The SMILES string of the molecule is Cc1nn(C(F)F)c(C)c1CC(=O)N1CCNCC1c1ccccc1Cl. The lowest BCUT2D eigenvalue weighted by molar-refractivity contribution is -0.133. The zero-order valence-corrected chi connectivity index (χ0v) is 15.4. The van der Waals surface area contributed by atoms with E-state index in [1.54, 1.807) is 24.8 Å². The Hall–Kier alpha value is -1.99. The highest BCUT2D eigenvalue weighted by molar-refractivity contribution is 6.31. The van der Waals surface area contributed by atoms with Crippen molar-refractivity contribution in [1.82, 2.24) is 20.0 Å². The van der Waals surface area contributed by atoms with Gasteiger partial charge >= 0.3 is 6.55 Å². The van der Waals surface area contributed by atoms with Gasteiger partial charge in [-0.3, -0.25) is 4.79 Å². The van der Waals surface area contributed by atoms with Gasteiger partial charge in [-0.25, -0.2) is 4.68 Å². The Balaban J connectivity index is 1.85. The van der Waals surface area contributed by atoms with Crippen molar-refractivity contribution in [3.05, 3.63) is 51.8 Å². The first-order valence-electron chi connectivity index (χ1n) is 8.47. The van der Waals surface area contributed by atoms with Gasteiger partial charge in [0.1, 0.15) is 0 Å². The number of hydrogen-bond donors (Lipinski definition) is 1. The number of amides is 1. The Morgan fingerprint density at radius 3 is 2.77 bits per heavy atom. The molecular formula is C18H21ClF2N4O. The number of hydrogen-bond acceptors (Lipinski definition) is 3. The molecule has 1 aliphatic heterocycles. The number of carbonyl (C=O) groups excluding carboxylic acids is 1. The van der Waals surface area contributed by atoms with E-state index in [1.807, 2.05) is 18.2 Å². The quantitative estimate of drug-likeness (QED) is 0.883. The van der Waals surface area contributed by atoms with E-state index in [-0.39, 0.29) is 18.4 Å². The topological polar surface area (TPSA) is 50.2 Å². The number of halogens is 3. The zero-order valence-electron chi connectivity index (χ0n) is 14.7. The minimum absolute atomic E-state index is 0.0470. The number of carbonyl (C=O) groups is 1. The second-order valence-electron chi connectivity index (χ2n) is 6.38. The van der Waals surface area contributed by atoms with Crippen molar-refractivity contribution in [1.29, 1.82) is 0 Å². The van der Waals surface area contributed by atoms with Gasteiger partial charge in [-0.05, 0) is 25.5 Å². The smallest absolute Gasteiger partial charge is 0.333 e. The normalized spacial score (nSPS) is 17.8. The highest BCUT2D eigenvalue weighted by Crippen LogP contribution is 2.29. The van der Waals surface area contributed by atoms with E-state index < -0.39 is 6.55 Å². The highest BCUT2D eigenvalue weighted by atomic mass is 35.5. The molecule has 1 aromatic heterocycles. The molecule has 1 N–H and O–H groups in total. The molecule has 0 radical (unpaired) electrons. The van der Waals surface area contributed by atoms with E-state index in [9.17, 15) is 13.6 Å². The van der Waals surface area contributed by atoms with Crippen LogP contribution in [0.5, 0.6) is 0 Å². The first kappa shape index (κ1) is 18.8. The number of alkyl halides is 2. The van der Waals surface area contributed by atoms with E-state index in [1.165, 1.54) is 0 Å². The van der Waals surface area contributed by atoms with E-state index in [2.05, 4.69) is 10.4 Å². The Kier molecular flexibility index (Phi) is 5.58. The molecule has 1 saturated heterocycles. The van der Waals surface area contributed by atoms with Gasteiger partial charge in [0.2, 0.25) is 5.91 Å². The van der Waals surface area contributed by atoms with Gasteiger partial charge in [0.15, 0.2) is 0 Å². The lowest BCUT2D eigenvalue weighted by atomic mass is 10.0. The van der Waals surface area contributed by atoms with Gasteiger partial charge in [-0.2, -0.15) is 13.9 Å². The molecule has 1 amide bonds. The van der Waals surface area contributed by atoms with Crippen molar-refractivity contribution in [3.63, 3.8) is 0 Å². The van der Waals surface area contributed by atoms with Crippen molar-refractivity contribution in [2.24, 2.45) is 0 Å². The summed E-state index contributed by atoms with van der Waals surface area (Å²) < 4.78 is 26.7. The van der Waals surface area contributed by atoms with Crippen LogP contribution in [-0.4, -0.2) is 40.2 Å². The third kappa shape index (κ3) is 3.59. The maximum atomic E-state index is 13.0. The van der Waals surface area contributed by atoms with Gasteiger partial charge < -0.3 is 10.2 Å². The van der Waals surface area contributed by atoms with Crippen LogP contribution >= 0.6 is 11.6 Å². The minimum atomic E-state index is -2.72. The van der Waals surface area contributed by atoms with Gasteiger partial charge in [-0.1, -0.05) is 29.8 Å². The Morgan fingerprint density at radius 1 is 1.38 bits per heavy atom. The maximum Gasteiger partial charge on any atom is 0.333 e. The van der Waals surface area contributed by atoms with Gasteiger partial charge in [0.05, 0.1) is 18.2 Å². The molecule has 0 bridgehead atoms. The summed E-state index contributed by atoms with van der Waals surface area (Å²) in [5, 5.41) is 7.75. The average molecular weight is 383 g/mol. The number of aryl methyl sites for hydroxylation is 1. The second-order valence-corrected chi connectivity index (χ2v) is 6.78. The van der Waals surface area contributed by atoms with E-state index >= 15 is 0 Å². The summed E-state index contributed by atoms with van der Waals surface area (Å²) in [5.74, 6) is -0.114. The molecule has 0 spiro atoms. The Labute approximate surface area is 155 Å². The molecule has 0 aliphatic carbocycles. The number of nitrogens with one attached hydrogen (secondary N) is 1. The van der Waals surface area contributed by atoms with Crippen LogP contribution in [0.1, 0.15) is 35.1 Å². The van der Waals surface area contributed by atoms with Crippen LogP contribution < -0.4 is 5.32 Å². The van der Waals surface area contributed by atoms with Crippen LogP contribution in [0.4, 0.5) is 8.78 Å². The zero-order chi connectivity index (χ0) is 18.8. The van der Waals surface area contributed by atoms with Gasteiger partial charge in [0, 0.05) is 35.9 Å². The molecule has 140 valence electrons. The number of nitrogens with zero attached hydrogens (tertiary/aromatic N) is 3. The predicted octanol–water partition coefficient (Wildman–Crippen LogP) is 3.26. The molecule has 8 heteroatoms. The molecule has 5 nitrogen and oxygen atoms in total. The van der Waals surface area contributed by atoms with Crippen molar-refractivity contribution in [2.45, 2.75) is 32.9 Å². The molecular weight excluding hydrogens is 362 g/mol. The number of aromatic nitrogens is 2. The first-order chi connectivity index (χ1) is 12.4. The lowest BCUT2D eigenvalue weighted by Crippen LogP contribution is -2.49. The van der Waals surface area contributed by atoms with E-state index in [4.69, 9.17) is 11.6 Å². The minimum Gasteiger partial charge on any atom is -0.333 e. The summed E-state index contributed by atoms with van der Waals surface area (Å²) >= 11 is 6.31. The summed E-state index contributed by atoms with van der Waals surface area (Å²) in [5.41, 5.74) is 2.23. The van der Waals surface area contributed by atoms with Crippen LogP contribution in [0.15, 0.2) is 24.3 Å². The second kappa shape index (κ2) is 7.72. The lowest BCUT2D eigenvalue weighted by Gasteiger charge is -2.37. The molecule has 1 aromatic carbocycles.